The van der Waals surface area contributed by atoms with Crippen LogP contribution in [0, 0.1) is 0 Å². The molecule has 1 aromatic rings. The zero-order valence-corrected chi connectivity index (χ0v) is 9.26. The summed E-state index contributed by atoms with van der Waals surface area (Å²) < 4.78 is 1.46. The average Bonchev–Trinajstić information content (AvgIpc) is 2.66. The first-order chi connectivity index (χ1) is 7.65. The second-order valence-electron chi connectivity index (χ2n) is 4.06. The van der Waals surface area contributed by atoms with E-state index in [2.05, 4.69) is 23.1 Å². The number of aliphatic carboxylic acids is 1. The highest BCUT2D eigenvalue weighted by Crippen LogP contribution is 2.20. The molecule has 0 bridgehead atoms. The molecule has 0 unspecified atom stereocenters. The maximum atomic E-state index is 10.5. The molecule has 0 fully saturated rings. The Hall–Kier alpha value is -1.62. The minimum absolute atomic E-state index is 0.0762. The molecule has 1 aliphatic rings. The van der Waals surface area contributed by atoms with E-state index in [4.69, 9.17) is 5.11 Å². The molecular formula is C11H15N3O2. The van der Waals surface area contributed by atoms with Crippen LogP contribution in [-0.4, -0.2) is 45.9 Å². The second kappa shape index (κ2) is 4.49. The van der Waals surface area contributed by atoms with Gasteiger partial charge in [0.1, 0.15) is 6.54 Å². The van der Waals surface area contributed by atoms with E-state index in [1.54, 1.807) is 12.4 Å². The Bertz CT molecular complexity index is 423. The number of aromatic nitrogens is 2. The van der Waals surface area contributed by atoms with Gasteiger partial charge in [0, 0.05) is 24.8 Å². The lowest BCUT2D eigenvalue weighted by molar-refractivity contribution is -0.137. The van der Waals surface area contributed by atoms with Crippen molar-refractivity contribution in [2.75, 3.05) is 20.1 Å². The highest BCUT2D eigenvalue weighted by Gasteiger charge is 2.11. The molecule has 2 heterocycles. The highest BCUT2D eigenvalue weighted by atomic mass is 16.4. The molecule has 86 valence electrons. The van der Waals surface area contributed by atoms with E-state index in [-0.39, 0.29) is 6.54 Å². The number of carboxylic acids is 1. The first kappa shape index (κ1) is 10.9. The van der Waals surface area contributed by atoms with Crippen LogP contribution >= 0.6 is 0 Å². The van der Waals surface area contributed by atoms with Gasteiger partial charge in [0.2, 0.25) is 0 Å². The first-order valence-corrected chi connectivity index (χ1v) is 5.27. The Kier molecular flexibility index (Phi) is 3.05. The lowest BCUT2D eigenvalue weighted by atomic mass is 10.0. The molecular weight excluding hydrogens is 206 g/mol. The van der Waals surface area contributed by atoms with E-state index < -0.39 is 5.97 Å². The fourth-order valence-electron chi connectivity index (χ4n) is 1.79. The van der Waals surface area contributed by atoms with Gasteiger partial charge in [0.15, 0.2) is 0 Å². The summed E-state index contributed by atoms with van der Waals surface area (Å²) in [5.41, 5.74) is 2.30. The number of carboxylic acid groups (broad SMARTS) is 1. The van der Waals surface area contributed by atoms with Gasteiger partial charge in [-0.2, -0.15) is 5.10 Å². The van der Waals surface area contributed by atoms with Crippen molar-refractivity contribution in [3.63, 3.8) is 0 Å². The summed E-state index contributed by atoms with van der Waals surface area (Å²) in [5.74, 6) is -0.869. The van der Waals surface area contributed by atoms with Crippen LogP contribution in [0.15, 0.2) is 18.5 Å². The summed E-state index contributed by atoms with van der Waals surface area (Å²) in [6.45, 7) is 1.91. The minimum Gasteiger partial charge on any atom is -0.480 e. The van der Waals surface area contributed by atoms with E-state index in [9.17, 15) is 4.79 Å². The molecule has 1 aliphatic heterocycles. The molecule has 1 N–H and O–H groups in total. The molecule has 0 aromatic carbocycles. The van der Waals surface area contributed by atoms with Crippen molar-refractivity contribution in [1.82, 2.24) is 14.7 Å². The van der Waals surface area contributed by atoms with Crippen molar-refractivity contribution in [2.45, 2.75) is 13.0 Å². The molecule has 2 rings (SSSR count). The van der Waals surface area contributed by atoms with Gasteiger partial charge >= 0.3 is 5.97 Å². The summed E-state index contributed by atoms with van der Waals surface area (Å²) in [6.07, 6.45) is 6.70. The molecule has 0 atom stereocenters. The Morgan fingerprint density at radius 2 is 2.44 bits per heavy atom. The van der Waals surface area contributed by atoms with Gasteiger partial charge in [0.25, 0.3) is 0 Å². The lowest BCUT2D eigenvalue weighted by Gasteiger charge is -2.21. The number of nitrogens with zero attached hydrogens (tertiary/aromatic N) is 3. The van der Waals surface area contributed by atoms with E-state index >= 15 is 0 Å². The van der Waals surface area contributed by atoms with Gasteiger partial charge in [-0.15, -0.1) is 0 Å². The normalized spacial score (nSPS) is 17.2. The Morgan fingerprint density at radius 3 is 3.06 bits per heavy atom. The van der Waals surface area contributed by atoms with Crippen molar-refractivity contribution < 1.29 is 9.90 Å². The molecule has 0 aliphatic carbocycles. The van der Waals surface area contributed by atoms with Crippen LogP contribution in [-0.2, 0) is 11.3 Å². The number of hydrogen-bond acceptors (Lipinski definition) is 3. The third-order valence-electron chi connectivity index (χ3n) is 2.71. The van der Waals surface area contributed by atoms with Crippen molar-refractivity contribution in [2.24, 2.45) is 0 Å². The lowest BCUT2D eigenvalue weighted by Crippen LogP contribution is -2.23. The quantitative estimate of drug-likeness (QED) is 0.815. The van der Waals surface area contributed by atoms with Crippen LogP contribution < -0.4 is 0 Å². The van der Waals surface area contributed by atoms with Crippen molar-refractivity contribution in [3.05, 3.63) is 24.0 Å². The third-order valence-corrected chi connectivity index (χ3v) is 2.71. The van der Waals surface area contributed by atoms with Gasteiger partial charge < -0.3 is 10.0 Å². The summed E-state index contributed by atoms with van der Waals surface area (Å²) >= 11 is 0. The molecule has 0 spiro atoms. The van der Waals surface area contributed by atoms with Gasteiger partial charge in [-0.1, -0.05) is 6.08 Å². The molecule has 16 heavy (non-hydrogen) atoms. The molecule has 0 saturated carbocycles. The fourth-order valence-corrected chi connectivity index (χ4v) is 1.79. The van der Waals surface area contributed by atoms with Crippen molar-refractivity contribution in [1.29, 1.82) is 0 Å². The molecule has 0 saturated heterocycles. The zero-order valence-electron chi connectivity index (χ0n) is 9.26. The van der Waals surface area contributed by atoms with Crippen LogP contribution in [0.25, 0.3) is 5.57 Å². The van der Waals surface area contributed by atoms with Crippen LogP contribution in [0.2, 0.25) is 0 Å². The summed E-state index contributed by atoms with van der Waals surface area (Å²) in [6, 6.07) is 0. The highest BCUT2D eigenvalue weighted by molar-refractivity contribution is 5.68. The first-order valence-electron chi connectivity index (χ1n) is 5.27. The van der Waals surface area contributed by atoms with E-state index in [1.807, 2.05) is 0 Å². The monoisotopic (exact) mass is 221 g/mol. The summed E-state index contributed by atoms with van der Waals surface area (Å²) in [4.78, 5) is 12.8. The Balaban J connectivity index is 2.10. The molecule has 5 heteroatoms. The minimum atomic E-state index is -0.869. The number of likely N-dealkylation sites (N-methyl/N-ethyl adjacent to an activating group) is 1. The zero-order chi connectivity index (χ0) is 11.5. The standard InChI is InChI=1S/C11H15N3O2/c1-13-4-2-9(3-5-13)10-6-12-14(7-10)8-11(15)16/h2,6-7H,3-5,8H2,1H3,(H,15,16). The van der Waals surface area contributed by atoms with Gasteiger partial charge in [0.05, 0.1) is 6.20 Å². The maximum absolute atomic E-state index is 10.5. The maximum Gasteiger partial charge on any atom is 0.325 e. The van der Waals surface area contributed by atoms with Crippen LogP contribution in [0.4, 0.5) is 0 Å². The summed E-state index contributed by atoms with van der Waals surface area (Å²) in [7, 11) is 2.08. The predicted molar refractivity (Wildman–Crippen MR) is 60.0 cm³/mol. The van der Waals surface area contributed by atoms with Gasteiger partial charge in [-0.05, 0) is 19.0 Å². The second-order valence-corrected chi connectivity index (χ2v) is 4.06. The van der Waals surface area contributed by atoms with Crippen molar-refractivity contribution in [3.8, 4) is 0 Å². The van der Waals surface area contributed by atoms with E-state index in [1.165, 1.54) is 10.3 Å². The van der Waals surface area contributed by atoms with E-state index in [0.29, 0.717) is 0 Å². The summed E-state index contributed by atoms with van der Waals surface area (Å²) in [5, 5.41) is 12.7. The Labute approximate surface area is 94.0 Å². The van der Waals surface area contributed by atoms with E-state index in [0.717, 1.165) is 25.1 Å². The third kappa shape index (κ3) is 2.49. The number of carbonyl (C=O) groups is 1. The molecule has 0 amide bonds. The van der Waals surface area contributed by atoms with Gasteiger partial charge in [-0.25, -0.2) is 0 Å². The van der Waals surface area contributed by atoms with Gasteiger partial charge in [-0.3, -0.25) is 9.48 Å². The largest absolute Gasteiger partial charge is 0.480 e. The predicted octanol–water partition coefficient (Wildman–Crippen LogP) is 0.687. The topological polar surface area (TPSA) is 58.4 Å². The smallest absolute Gasteiger partial charge is 0.325 e. The van der Waals surface area contributed by atoms with Crippen LogP contribution in [0.3, 0.4) is 0 Å². The van der Waals surface area contributed by atoms with Crippen LogP contribution in [0.1, 0.15) is 12.0 Å². The molecule has 5 nitrogen and oxygen atoms in total. The van der Waals surface area contributed by atoms with Crippen LogP contribution in [0.5, 0.6) is 0 Å². The fraction of sp³-hybridized carbons (Fsp3) is 0.455. The number of rotatable bonds is 3. The molecule has 0 radical (unpaired) electrons. The SMILES string of the molecule is CN1CC=C(c2cnn(CC(=O)O)c2)CC1. The Morgan fingerprint density at radius 1 is 1.62 bits per heavy atom. The number of hydrogen-bond donors (Lipinski definition) is 1. The average molecular weight is 221 g/mol. The van der Waals surface area contributed by atoms with Crippen molar-refractivity contribution >= 4 is 11.5 Å². The molecule has 1 aromatic heterocycles.